The molecule has 0 aliphatic carbocycles. The molecule has 0 atom stereocenters. The monoisotopic (exact) mass is 360 g/mol. The highest BCUT2D eigenvalue weighted by Crippen LogP contribution is 2.23. The fourth-order valence-electron chi connectivity index (χ4n) is 4.05. The van der Waals surface area contributed by atoms with Gasteiger partial charge in [-0.25, -0.2) is 9.18 Å². The van der Waals surface area contributed by atoms with E-state index in [2.05, 4.69) is 9.80 Å². The molecule has 2 aliphatic rings. The summed E-state index contributed by atoms with van der Waals surface area (Å²) < 4.78 is 16.3. The van der Waals surface area contributed by atoms with Gasteiger partial charge in [0, 0.05) is 45.0 Å². The number of anilines is 1. The second-order valence-electron chi connectivity index (χ2n) is 7.12. The maximum absolute atomic E-state index is 13.0. The Labute approximate surface area is 152 Å². The molecule has 1 aromatic carbocycles. The molecule has 0 spiro atoms. The molecule has 0 bridgehead atoms. The number of rotatable bonds is 5. The highest BCUT2D eigenvalue weighted by Gasteiger charge is 2.23. The zero-order valence-corrected chi connectivity index (χ0v) is 14.9. The second kappa shape index (κ2) is 7.15. The van der Waals surface area contributed by atoms with Gasteiger partial charge in [-0.3, -0.25) is 14.0 Å². The minimum absolute atomic E-state index is 0.0730. The molecule has 1 saturated heterocycles. The Morgan fingerprint density at radius 3 is 2.42 bits per heavy atom. The van der Waals surface area contributed by atoms with Gasteiger partial charge in [-0.1, -0.05) is 0 Å². The number of aromatic nitrogens is 2. The van der Waals surface area contributed by atoms with Gasteiger partial charge in [0.2, 0.25) is 5.88 Å². The maximum atomic E-state index is 13.0. The van der Waals surface area contributed by atoms with E-state index in [4.69, 9.17) is 0 Å². The summed E-state index contributed by atoms with van der Waals surface area (Å²) >= 11 is 0. The fourth-order valence-corrected chi connectivity index (χ4v) is 4.05. The van der Waals surface area contributed by atoms with Crippen LogP contribution >= 0.6 is 0 Å². The van der Waals surface area contributed by atoms with Crippen molar-refractivity contribution in [2.24, 2.45) is 0 Å². The minimum Gasteiger partial charge on any atom is -0.493 e. The van der Waals surface area contributed by atoms with Crippen LogP contribution in [0.25, 0.3) is 0 Å². The maximum Gasteiger partial charge on any atom is 0.331 e. The van der Waals surface area contributed by atoms with Crippen molar-refractivity contribution in [3.8, 4) is 5.88 Å². The predicted octanol–water partition coefficient (Wildman–Crippen LogP) is 1.65. The van der Waals surface area contributed by atoms with Gasteiger partial charge in [0.05, 0.1) is 5.69 Å². The van der Waals surface area contributed by atoms with Gasteiger partial charge < -0.3 is 10.0 Å². The van der Waals surface area contributed by atoms with Crippen LogP contribution in [0.15, 0.2) is 29.1 Å². The van der Waals surface area contributed by atoms with Crippen molar-refractivity contribution in [1.29, 1.82) is 0 Å². The summed E-state index contributed by atoms with van der Waals surface area (Å²) in [7, 11) is 0. The van der Waals surface area contributed by atoms with Gasteiger partial charge in [-0.2, -0.15) is 0 Å². The first-order valence-electron chi connectivity index (χ1n) is 9.37. The zero-order valence-electron chi connectivity index (χ0n) is 14.9. The number of fused-ring (bicyclic) bond motifs is 1. The molecular weight excluding hydrogens is 335 g/mol. The zero-order chi connectivity index (χ0) is 18.1. The summed E-state index contributed by atoms with van der Waals surface area (Å²) in [6.07, 6.45) is 2.57. The van der Waals surface area contributed by atoms with Crippen LogP contribution in [0.2, 0.25) is 0 Å². The molecule has 7 heteroatoms. The van der Waals surface area contributed by atoms with Crippen molar-refractivity contribution >= 4 is 5.69 Å². The van der Waals surface area contributed by atoms with E-state index in [1.165, 1.54) is 16.7 Å². The Morgan fingerprint density at radius 2 is 1.73 bits per heavy atom. The lowest BCUT2D eigenvalue weighted by molar-refractivity contribution is 0.248. The Bertz CT molecular complexity index is 819. The van der Waals surface area contributed by atoms with Gasteiger partial charge in [0.15, 0.2) is 0 Å². The van der Waals surface area contributed by atoms with Crippen molar-refractivity contribution in [3.63, 3.8) is 0 Å². The number of piperazine rings is 1. The summed E-state index contributed by atoms with van der Waals surface area (Å²) in [6.45, 7) is 5.91. The van der Waals surface area contributed by atoms with Crippen LogP contribution in [0.3, 0.4) is 0 Å². The van der Waals surface area contributed by atoms with Crippen LogP contribution in [-0.2, 0) is 19.5 Å². The molecule has 26 heavy (non-hydrogen) atoms. The highest BCUT2D eigenvalue weighted by molar-refractivity contribution is 5.46. The van der Waals surface area contributed by atoms with E-state index in [0.29, 0.717) is 6.54 Å². The lowest BCUT2D eigenvalue weighted by Gasteiger charge is -2.36. The molecule has 3 heterocycles. The Hall–Kier alpha value is -2.28. The quantitative estimate of drug-likeness (QED) is 0.881. The Kier molecular flexibility index (Phi) is 4.72. The van der Waals surface area contributed by atoms with Crippen molar-refractivity contribution in [2.45, 2.75) is 32.4 Å². The number of nitrogens with zero attached hydrogens (tertiary/aromatic N) is 4. The predicted molar refractivity (Wildman–Crippen MR) is 98.3 cm³/mol. The van der Waals surface area contributed by atoms with E-state index in [1.54, 1.807) is 4.57 Å². The summed E-state index contributed by atoms with van der Waals surface area (Å²) in [4.78, 5) is 17.0. The van der Waals surface area contributed by atoms with Crippen LogP contribution in [0.1, 0.15) is 18.5 Å². The lowest BCUT2D eigenvalue weighted by Crippen LogP contribution is -2.46. The number of hydrogen-bond donors (Lipinski definition) is 1. The minimum atomic E-state index is -0.206. The molecule has 0 amide bonds. The van der Waals surface area contributed by atoms with Gasteiger partial charge in [-0.05, 0) is 50.1 Å². The molecule has 0 saturated carbocycles. The van der Waals surface area contributed by atoms with E-state index in [-0.39, 0.29) is 17.4 Å². The Morgan fingerprint density at radius 1 is 1.00 bits per heavy atom. The third-order valence-corrected chi connectivity index (χ3v) is 5.52. The number of hydrogen-bond acceptors (Lipinski definition) is 4. The van der Waals surface area contributed by atoms with Gasteiger partial charge in [0.25, 0.3) is 0 Å². The number of benzene rings is 1. The van der Waals surface area contributed by atoms with Crippen LogP contribution in [0.4, 0.5) is 10.1 Å². The number of imidazole rings is 1. The average Bonchev–Trinajstić information content (AvgIpc) is 3.22. The van der Waals surface area contributed by atoms with Gasteiger partial charge in [0.1, 0.15) is 5.82 Å². The molecule has 0 radical (unpaired) electrons. The largest absolute Gasteiger partial charge is 0.493 e. The number of aromatic hydroxyl groups is 1. The van der Waals surface area contributed by atoms with Crippen LogP contribution < -0.4 is 10.6 Å². The topological polar surface area (TPSA) is 53.6 Å². The van der Waals surface area contributed by atoms with Crippen molar-refractivity contribution in [1.82, 2.24) is 14.0 Å². The SMILES string of the molecule is O=c1n(CCCN2CCN(c3ccc(F)cc3)CC2)c(O)c2n1CCC2. The fraction of sp³-hybridized carbons (Fsp3) is 0.526. The van der Waals surface area contributed by atoms with Gasteiger partial charge >= 0.3 is 5.69 Å². The van der Waals surface area contributed by atoms with Crippen LogP contribution in [0, 0.1) is 5.82 Å². The van der Waals surface area contributed by atoms with E-state index in [9.17, 15) is 14.3 Å². The van der Waals surface area contributed by atoms with Crippen LogP contribution in [-0.4, -0.2) is 51.9 Å². The first-order valence-corrected chi connectivity index (χ1v) is 9.37. The van der Waals surface area contributed by atoms with Crippen LogP contribution in [0.5, 0.6) is 5.88 Å². The number of halogens is 1. The third-order valence-electron chi connectivity index (χ3n) is 5.52. The average molecular weight is 360 g/mol. The molecule has 2 aliphatic heterocycles. The summed E-state index contributed by atoms with van der Waals surface area (Å²) in [6, 6.07) is 6.65. The molecule has 0 unspecified atom stereocenters. The van der Waals surface area contributed by atoms with E-state index < -0.39 is 0 Å². The standard InChI is InChI=1S/C19H25FN4O2/c20-15-4-6-16(7-5-15)22-13-11-21(12-14-22)8-2-10-24-18(25)17-3-1-9-23(17)19(24)26/h4-7,25H,1-3,8-14H2. The molecule has 4 rings (SSSR count). The van der Waals surface area contributed by atoms with Crippen molar-refractivity contribution in [3.05, 3.63) is 46.3 Å². The highest BCUT2D eigenvalue weighted by atomic mass is 19.1. The molecule has 140 valence electrons. The molecule has 6 nitrogen and oxygen atoms in total. The normalized spacial score (nSPS) is 17.7. The van der Waals surface area contributed by atoms with Crippen molar-refractivity contribution in [2.75, 3.05) is 37.6 Å². The molecule has 1 N–H and O–H groups in total. The van der Waals surface area contributed by atoms with Gasteiger partial charge in [-0.15, -0.1) is 0 Å². The molecule has 1 fully saturated rings. The van der Waals surface area contributed by atoms with E-state index >= 15 is 0 Å². The summed E-state index contributed by atoms with van der Waals surface area (Å²) in [5.41, 5.74) is 1.78. The van der Waals surface area contributed by atoms with E-state index in [1.807, 2.05) is 12.1 Å². The lowest BCUT2D eigenvalue weighted by atomic mass is 10.2. The first-order chi connectivity index (χ1) is 12.6. The summed E-state index contributed by atoms with van der Waals surface area (Å²) in [5, 5.41) is 10.2. The summed E-state index contributed by atoms with van der Waals surface area (Å²) in [5.74, 6) is -0.0452. The molecular formula is C19H25FN4O2. The third kappa shape index (κ3) is 3.23. The second-order valence-corrected chi connectivity index (χ2v) is 7.12. The molecule has 1 aromatic heterocycles. The first kappa shape index (κ1) is 17.1. The molecule has 2 aromatic rings. The Balaban J connectivity index is 1.27. The van der Waals surface area contributed by atoms with Crippen molar-refractivity contribution < 1.29 is 9.50 Å². The smallest absolute Gasteiger partial charge is 0.331 e. The van der Waals surface area contributed by atoms with E-state index in [0.717, 1.165) is 69.9 Å².